The van der Waals surface area contributed by atoms with Gasteiger partial charge in [0.05, 0.1) is 30.1 Å². The Kier molecular flexibility index (Phi) is 7.24. The van der Waals surface area contributed by atoms with Gasteiger partial charge in [-0.2, -0.15) is 9.57 Å². The average Bonchev–Trinajstić information content (AvgIpc) is 3.22. The fraction of sp³-hybridized carbons (Fsp3) is 0.269. The van der Waals surface area contributed by atoms with Crippen molar-refractivity contribution in [2.24, 2.45) is 0 Å². The van der Waals surface area contributed by atoms with Crippen LogP contribution in [0.4, 0.5) is 0 Å². The highest BCUT2D eigenvalue weighted by Gasteiger charge is 2.42. The van der Waals surface area contributed by atoms with Crippen molar-refractivity contribution in [3.05, 3.63) is 71.8 Å². The third-order valence-corrected chi connectivity index (χ3v) is 8.12. The summed E-state index contributed by atoms with van der Waals surface area (Å²) >= 11 is 0. The predicted molar refractivity (Wildman–Crippen MR) is 132 cm³/mol. The molecular weight excluding hydrogens is 482 g/mol. The molecule has 10 heteroatoms. The number of benzene rings is 3. The van der Waals surface area contributed by atoms with Crippen molar-refractivity contribution in [3.8, 4) is 11.8 Å². The number of amides is 1. The first kappa shape index (κ1) is 25.2. The summed E-state index contributed by atoms with van der Waals surface area (Å²) < 4.78 is 33.7. The molecule has 0 aliphatic carbocycles. The minimum absolute atomic E-state index is 0.0263. The zero-order chi connectivity index (χ0) is 25.9. The Labute approximate surface area is 209 Å². The Morgan fingerprint density at radius 3 is 2.67 bits per heavy atom. The molecule has 0 radical (unpaired) electrons. The molecule has 36 heavy (non-hydrogen) atoms. The van der Waals surface area contributed by atoms with Gasteiger partial charge in [-0.1, -0.05) is 24.3 Å². The van der Waals surface area contributed by atoms with E-state index in [0.29, 0.717) is 23.2 Å². The second kappa shape index (κ2) is 10.4. The van der Waals surface area contributed by atoms with Crippen molar-refractivity contribution in [3.63, 3.8) is 0 Å². The van der Waals surface area contributed by atoms with Gasteiger partial charge in [0.1, 0.15) is 11.8 Å². The van der Waals surface area contributed by atoms with E-state index in [0.717, 1.165) is 15.3 Å². The van der Waals surface area contributed by atoms with Crippen LogP contribution in [0.25, 0.3) is 10.8 Å². The number of carboxylic acids is 1. The molecule has 1 atom stereocenters. The lowest BCUT2D eigenvalue weighted by molar-refractivity contribution is -0.138. The maximum absolute atomic E-state index is 13.7. The summed E-state index contributed by atoms with van der Waals surface area (Å²) in [5.41, 5.74) is 1.22. The van der Waals surface area contributed by atoms with Gasteiger partial charge in [-0.05, 0) is 59.2 Å². The minimum atomic E-state index is -4.19. The number of fused-ring (bicyclic) bond motifs is 1. The Bertz CT molecular complexity index is 1460. The molecule has 0 saturated carbocycles. The zero-order valence-electron chi connectivity index (χ0n) is 19.6. The van der Waals surface area contributed by atoms with E-state index in [9.17, 15) is 23.1 Å². The van der Waals surface area contributed by atoms with E-state index < -0.39 is 34.4 Å². The van der Waals surface area contributed by atoms with Crippen LogP contribution in [0, 0.1) is 11.3 Å². The molecule has 1 saturated heterocycles. The van der Waals surface area contributed by atoms with E-state index in [1.807, 2.05) is 6.07 Å². The minimum Gasteiger partial charge on any atom is -0.497 e. The van der Waals surface area contributed by atoms with Crippen LogP contribution < -0.4 is 4.74 Å². The van der Waals surface area contributed by atoms with Crippen LogP contribution in [0.15, 0.2) is 65.6 Å². The number of likely N-dealkylation sites (tertiary alicyclic amines) is 1. The van der Waals surface area contributed by atoms with E-state index in [-0.39, 0.29) is 24.4 Å². The molecule has 186 valence electrons. The van der Waals surface area contributed by atoms with Crippen molar-refractivity contribution in [1.82, 2.24) is 9.21 Å². The Morgan fingerprint density at radius 1 is 1.17 bits per heavy atom. The van der Waals surface area contributed by atoms with Gasteiger partial charge in [0.2, 0.25) is 15.9 Å². The number of carbonyl (C=O) groups is 2. The van der Waals surface area contributed by atoms with Gasteiger partial charge >= 0.3 is 5.97 Å². The van der Waals surface area contributed by atoms with Gasteiger partial charge in [0, 0.05) is 19.6 Å². The third-order valence-electron chi connectivity index (χ3n) is 6.22. The summed E-state index contributed by atoms with van der Waals surface area (Å²) in [6.45, 7) is 0.212. The average molecular weight is 508 g/mol. The van der Waals surface area contributed by atoms with Gasteiger partial charge in [-0.3, -0.25) is 9.59 Å². The fourth-order valence-corrected chi connectivity index (χ4v) is 6.03. The Morgan fingerprint density at radius 2 is 1.94 bits per heavy atom. The molecule has 0 aromatic heterocycles. The summed E-state index contributed by atoms with van der Waals surface area (Å²) in [5, 5.41) is 19.8. The maximum atomic E-state index is 13.7. The normalized spacial score (nSPS) is 15.9. The molecule has 1 aliphatic heterocycles. The molecule has 1 aliphatic rings. The molecule has 3 aromatic carbocycles. The summed E-state index contributed by atoms with van der Waals surface area (Å²) in [4.78, 5) is 26.1. The molecular formula is C26H25N3O6S. The number of hydrogen-bond acceptors (Lipinski definition) is 6. The first-order chi connectivity index (χ1) is 17.2. The smallest absolute Gasteiger partial charge is 0.304 e. The number of nitrogens with zero attached hydrogens (tertiary/aromatic N) is 3. The lowest BCUT2D eigenvalue weighted by Crippen LogP contribution is -2.46. The first-order valence-corrected chi connectivity index (χ1v) is 12.8. The second-order valence-electron chi connectivity index (χ2n) is 8.51. The number of aliphatic carboxylic acids is 1. The maximum Gasteiger partial charge on any atom is 0.304 e. The van der Waals surface area contributed by atoms with E-state index in [1.54, 1.807) is 42.5 Å². The molecule has 4 rings (SSSR count). The summed E-state index contributed by atoms with van der Waals surface area (Å²) in [6.07, 6.45) is -0.203. The highest BCUT2D eigenvalue weighted by molar-refractivity contribution is 7.89. The monoisotopic (exact) mass is 507 g/mol. The van der Waals surface area contributed by atoms with E-state index in [2.05, 4.69) is 6.07 Å². The first-order valence-electron chi connectivity index (χ1n) is 11.3. The van der Waals surface area contributed by atoms with Crippen molar-refractivity contribution >= 4 is 32.7 Å². The fourth-order valence-electron chi connectivity index (χ4n) is 4.38. The quantitative estimate of drug-likeness (QED) is 0.471. The number of rotatable bonds is 9. The van der Waals surface area contributed by atoms with Gasteiger partial charge in [0.25, 0.3) is 0 Å². The number of methoxy groups -OCH3 is 1. The van der Waals surface area contributed by atoms with Gasteiger partial charge in [-0.25, -0.2) is 8.42 Å². The summed E-state index contributed by atoms with van der Waals surface area (Å²) in [5.74, 6) is -0.982. The van der Waals surface area contributed by atoms with Crippen LogP contribution in [0.3, 0.4) is 0 Å². The summed E-state index contributed by atoms with van der Waals surface area (Å²) in [7, 11) is -2.68. The standard InChI is InChI=1S/C26H25N3O6S/c1-35-22-7-5-20-6-8-23(15-21(20)14-22)36(33,34)29(12-10-25(30)31)24-9-11-28(26(24)32)17-19-4-2-3-18(13-19)16-27/h2-8,13-15,24H,9-12,17H2,1H3,(H,30,31)/t24-/m0/s1. The lowest BCUT2D eigenvalue weighted by Gasteiger charge is -2.27. The molecule has 1 amide bonds. The molecule has 1 fully saturated rings. The highest BCUT2D eigenvalue weighted by Crippen LogP contribution is 2.29. The van der Waals surface area contributed by atoms with Crippen LogP contribution in [-0.4, -0.2) is 60.8 Å². The number of sulfonamides is 1. The molecule has 1 heterocycles. The number of hydrogen-bond donors (Lipinski definition) is 1. The molecule has 0 spiro atoms. The van der Waals surface area contributed by atoms with Crippen molar-refractivity contribution in [2.75, 3.05) is 20.2 Å². The summed E-state index contributed by atoms with van der Waals surface area (Å²) in [6, 6.07) is 17.8. The third kappa shape index (κ3) is 5.17. The Balaban J connectivity index is 1.64. The van der Waals surface area contributed by atoms with Crippen molar-refractivity contribution in [1.29, 1.82) is 5.26 Å². The molecule has 0 unspecified atom stereocenters. The predicted octanol–water partition coefficient (Wildman–Crippen LogP) is 2.99. The topological polar surface area (TPSA) is 128 Å². The van der Waals surface area contributed by atoms with E-state index >= 15 is 0 Å². The molecule has 9 nitrogen and oxygen atoms in total. The SMILES string of the molecule is COc1ccc2ccc(S(=O)(=O)N(CCC(=O)O)[C@H]3CCN(Cc4cccc(C#N)c4)C3=O)cc2c1. The van der Waals surface area contributed by atoms with Crippen LogP contribution in [0.2, 0.25) is 0 Å². The van der Waals surface area contributed by atoms with Gasteiger partial charge in [0.15, 0.2) is 0 Å². The zero-order valence-corrected chi connectivity index (χ0v) is 20.4. The molecule has 1 N–H and O–H groups in total. The van der Waals surface area contributed by atoms with Crippen LogP contribution in [0.1, 0.15) is 24.0 Å². The van der Waals surface area contributed by atoms with Crippen molar-refractivity contribution < 1.29 is 27.9 Å². The second-order valence-corrected chi connectivity index (χ2v) is 10.4. The van der Waals surface area contributed by atoms with Gasteiger partial charge < -0.3 is 14.7 Å². The molecule has 0 bridgehead atoms. The van der Waals surface area contributed by atoms with Crippen molar-refractivity contribution in [2.45, 2.75) is 30.3 Å². The molecule has 3 aromatic rings. The van der Waals surface area contributed by atoms with E-state index in [4.69, 9.17) is 10.00 Å². The number of ether oxygens (including phenoxy) is 1. The van der Waals surface area contributed by atoms with Gasteiger partial charge in [-0.15, -0.1) is 0 Å². The van der Waals surface area contributed by atoms with Crippen LogP contribution in [-0.2, 0) is 26.2 Å². The number of nitriles is 1. The van der Waals surface area contributed by atoms with E-state index in [1.165, 1.54) is 24.1 Å². The largest absolute Gasteiger partial charge is 0.497 e. The highest BCUT2D eigenvalue weighted by atomic mass is 32.2. The lowest BCUT2D eigenvalue weighted by atomic mass is 10.1. The van der Waals surface area contributed by atoms with Crippen LogP contribution in [0.5, 0.6) is 5.75 Å². The Hall–Kier alpha value is -3.94. The number of carbonyl (C=O) groups excluding carboxylic acids is 1. The number of carboxylic acid groups (broad SMARTS) is 1. The van der Waals surface area contributed by atoms with Crippen LogP contribution >= 0.6 is 0 Å².